The van der Waals surface area contributed by atoms with Crippen molar-refractivity contribution in [2.75, 3.05) is 13.1 Å². The topological polar surface area (TPSA) is 41.6 Å². The fraction of sp³-hybridized carbons (Fsp3) is 0.625. The van der Waals surface area contributed by atoms with E-state index in [0.717, 1.165) is 49.1 Å². The van der Waals surface area contributed by atoms with E-state index >= 15 is 0 Å². The molecule has 1 N–H and O–H groups in total. The molecule has 29 heavy (non-hydrogen) atoms. The van der Waals surface area contributed by atoms with Gasteiger partial charge in [0.05, 0.1) is 6.54 Å². The summed E-state index contributed by atoms with van der Waals surface area (Å²) in [5, 5.41) is 3.45. The SMILES string of the molecule is C=C(NCC1CCC(N2CC(C(C)(C)C)OC2=O)CC1)c1cc(C)cc(CF)c1. The molecule has 0 radical (unpaired) electrons. The molecule has 1 saturated heterocycles. The fourth-order valence-electron chi connectivity index (χ4n) is 4.37. The Morgan fingerprint density at radius 1 is 1.24 bits per heavy atom. The first-order valence-corrected chi connectivity index (χ1v) is 10.7. The summed E-state index contributed by atoms with van der Waals surface area (Å²) in [5.74, 6) is 0.561. The van der Waals surface area contributed by atoms with Gasteiger partial charge < -0.3 is 15.0 Å². The van der Waals surface area contributed by atoms with E-state index in [9.17, 15) is 9.18 Å². The minimum absolute atomic E-state index is 0.0241. The second kappa shape index (κ2) is 8.76. The van der Waals surface area contributed by atoms with Crippen molar-refractivity contribution in [1.29, 1.82) is 0 Å². The number of halogens is 1. The van der Waals surface area contributed by atoms with Gasteiger partial charge in [-0.3, -0.25) is 0 Å². The lowest BCUT2D eigenvalue weighted by atomic mass is 9.84. The summed E-state index contributed by atoms with van der Waals surface area (Å²) in [7, 11) is 0. The zero-order valence-electron chi connectivity index (χ0n) is 18.3. The summed E-state index contributed by atoms with van der Waals surface area (Å²) in [6, 6.07) is 6.06. The van der Waals surface area contributed by atoms with Gasteiger partial charge in [-0.2, -0.15) is 0 Å². The van der Waals surface area contributed by atoms with Crippen LogP contribution < -0.4 is 5.32 Å². The molecule has 4 nitrogen and oxygen atoms in total. The van der Waals surface area contributed by atoms with Gasteiger partial charge in [0.2, 0.25) is 0 Å². The molecule has 2 fully saturated rings. The summed E-state index contributed by atoms with van der Waals surface area (Å²) < 4.78 is 18.6. The van der Waals surface area contributed by atoms with Gasteiger partial charge in [0, 0.05) is 23.7 Å². The van der Waals surface area contributed by atoms with Gasteiger partial charge in [0.1, 0.15) is 12.8 Å². The molecule has 1 aliphatic carbocycles. The first-order valence-electron chi connectivity index (χ1n) is 10.7. The number of nitrogens with one attached hydrogen (secondary N) is 1. The minimum atomic E-state index is -0.457. The highest BCUT2D eigenvalue weighted by Gasteiger charge is 2.42. The maximum absolute atomic E-state index is 13.0. The van der Waals surface area contributed by atoms with Crippen molar-refractivity contribution in [1.82, 2.24) is 10.2 Å². The van der Waals surface area contributed by atoms with Gasteiger partial charge in [-0.15, -0.1) is 0 Å². The van der Waals surface area contributed by atoms with Crippen LogP contribution in [0, 0.1) is 18.3 Å². The Bertz CT molecular complexity index is 748. The van der Waals surface area contributed by atoms with Crippen molar-refractivity contribution >= 4 is 11.8 Å². The third-order valence-corrected chi connectivity index (χ3v) is 6.31. The number of nitrogens with zero attached hydrogens (tertiary/aromatic N) is 1. The quantitative estimate of drug-likeness (QED) is 0.688. The largest absolute Gasteiger partial charge is 0.444 e. The number of rotatable bonds is 6. The summed E-state index contributed by atoms with van der Waals surface area (Å²) in [6.07, 6.45) is 4.02. The highest BCUT2D eigenvalue weighted by atomic mass is 19.1. The summed E-state index contributed by atoms with van der Waals surface area (Å²) in [5.41, 5.74) is 3.52. The molecule has 1 unspecified atom stereocenters. The third-order valence-electron chi connectivity index (χ3n) is 6.31. The lowest BCUT2D eigenvalue weighted by molar-refractivity contribution is 0.0719. The van der Waals surface area contributed by atoms with Gasteiger partial charge in [0.25, 0.3) is 0 Å². The molecule has 2 aliphatic rings. The highest BCUT2D eigenvalue weighted by molar-refractivity contribution is 5.70. The van der Waals surface area contributed by atoms with E-state index < -0.39 is 6.67 Å². The maximum Gasteiger partial charge on any atom is 0.410 e. The third kappa shape index (κ3) is 5.31. The maximum atomic E-state index is 13.0. The van der Waals surface area contributed by atoms with Crippen LogP contribution in [0.15, 0.2) is 24.8 Å². The fourth-order valence-corrected chi connectivity index (χ4v) is 4.37. The Labute approximate surface area is 174 Å². The number of aryl methyl sites for hydroxylation is 1. The van der Waals surface area contributed by atoms with Crippen LogP contribution in [0.1, 0.15) is 63.1 Å². The Kier molecular flexibility index (Phi) is 6.55. The molecule has 0 spiro atoms. The molecule has 160 valence electrons. The van der Waals surface area contributed by atoms with Crippen molar-refractivity contribution in [3.63, 3.8) is 0 Å². The second-order valence-corrected chi connectivity index (χ2v) is 9.77. The number of carbonyl (C=O) groups excluding carboxylic acids is 1. The smallest absolute Gasteiger partial charge is 0.410 e. The number of cyclic esters (lactones) is 1. The van der Waals surface area contributed by atoms with E-state index in [2.05, 4.69) is 32.7 Å². The molecular formula is C24H35FN2O2. The molecule has 3 rings (SSSR count). The monoisotopic (exact) mass is 402 g/mol. The van der Waals surface area contributed by atoms with Crippen molar-refractivity contribution in [3.05, 3.63) is 41.5 Å². The summed E-state index contributed by atoms with van der Waals surface area (Å²) in [4.78, 5) is 14.3. The molecule has 1 atom stereocenters. The first kappa shape index (κ1) is 21.7. The number of ether oxygens (including phenoxy) is 1. The van der Waals surface area contributed by atoms with Gasteiger partial charge in [-0.1, -0.05) is 39.0 Å². The Hall–Kier alpha value is -2.04. The van der Waals surface area contributed by atoms with Crippen molar-refractivity contribution in [2.24, 2.45) is 11.3 Å². The second-order valence-electron chi connectivity index (χ2n) is 9.77. The average Bonchev–Trinajstić information content (AvgIpc) is 3.08. The van der Waals surface area contributed by atoms with Crippen LogP contribution in [-0.2, 0) is 11.4 Å². The standard InChI is InChI=1S/C24H35FN2O2/c1-16-10-19(13-25)12-20(11-16)17(2)26-14-18-6-8-21(9-7-18)27-15-22(24(3,4)5)29-23(27)28/h10-12,18,21-22,26H,2,6-9,13-15H2,1,3-5H3. The Morgan fingerprint density at radius 3 is 2.52 bits per heavy atom. The molecule has 0 aromatic heterocycles. The van der Waals surface area contributed by atoms with E-state index in [1.165, 1.54) is 0 Å². The number of amides is 1. The first-order chi connectivity index (χ1) is 13.7. The molecule has 0 bridgehead atoms. The zero-order chi connectivity index (χ0) is 21.2. The summed E-state index contributed by atoms with van der Waals surface area (Å²) in [6.45, 7) is 13.6. The predicted octanol–water partition coefficient (Wildman–Crippen LogP) is 5.45. The van der Waals surface area contributed by atoms with Gasteiger partial charge >= 0.3 is 6.09 Å². The average molecular weight is 403 g/mol. The molecule has 5 heteroatoms. The molecule has 1 saturated carbocycles. The van der Waals surface area contributed by atoms with Crippen molar-refractivity contribution in [2.45, 2.75) is 72.2 Å². The van der Waals surface area contributed by atoms with Crippen LogP contribution in [-0.4, -0.2) is 36.2 Å². The number of benzene rings is 1. The van der Waals surface area contributed by atoms with Gasteiger partial charge in [-0.25, -0.2) is 9.18 Å². The van der Waals surface area contributed by atoms with E-state index in [1.807, 2.05) is 30.0 Å². The van der Waals surface area contributed by atoms with Crippen LogP contribution in [0.4, 0.5) is 9.18 Å². The number of hydrogen-bond donors (Lipinski definition) is 1. The number of carbonyl (C=O) groups is 1. The minimum Gasteiger partial charge on any atom is -0.444 e. The molecular weight excluding hydrogens is 367 g/mol. The van der Waals surface area contributed by atoms with Crippen LogP contribution in [0.5, 0.6) is 0 Å². The van der Waals surface area contributed by atoms with Crippen LogP contribution in [0.3, 0.4) is 0 Å². The van der Waals surface area contributed by atoms with Crippen molar-refractivity contribution < 1.29 is 13.9 Å². The number of alkyl halides is 1. The number of hydrogen-bond acceptors (Lipinski definition) is 3. The Morgan fingerprint density at radius 2 is 1.93 bits per heavy atom. The van der Waals surface area contributed by atoms with E-state index in [0.29, 0.717) is 18.0 Å². The van der Waals surface area contributed by atoms with Crippen LogP contribution in [0.25, 0.3) is 5.70 Å². The lowest BCUT2D eigenvalue weighted by Crippen LogP contribution is -2.41. The highest BCUT2D eigenvalue weighted by Crippen LogP contribution is 2.34. The van der Waals surface area contributed by atoms with E-state index in [4.69, 9.17) is 4.74 Å². The normalized spacial score (nSPS) is 25.1. The van der Waals surface area contributed by atoms with Gasteiger partial charge in [-0.05, 0) is 61.8 Å². The van der Waals surface area contributed by atoms with Crippen molar-refractivity contribution in [3.8, 4) is 0 Å². The summed E-state index contributed by atoms with van der Waals surface area (Å²) >= 11 is 0. The van der Waals surface area contributed by atoms with E-state index in [1.54, 1.807) is 0 Å². The Balaban J connectivity index is 1.47. The predicted molar refractivity (Wildman–Crippen MR) is 115 cm³/mol. The molecule has 1 amide bonds. The van der Waals surface area contributed by atoms with Crippen LogP contribution >= 0.6 is 0 Å². The van der Waals surface area contributed by atoms with E-state index in [-0.39, 0.29) is 23.7 Å². The molecule has 1 aliphatic heterocycles. The molecule has 1 aromatic carbocycles. The molecule has 1 aromatic rings. The molecule has 1 heterocycles. The lowest BCUT2D eigenvalue weighted by Gasteiger charge is -2.34. The van der Waals surface area contributed by atoms with Gasteiger partial charge in [0.15, 0.2) is 0 Å². The van der Waals surface area contributed by atoms with Crippen LogP contribution in [0.2, 0.25) is 0 Å². The zero-order valence-corrected chi connectivity index (χ0v) is 18.3.